The smallest absolute Gasteiger partial charge is 0.276 e. The number of nitrogens with zero attached hydrogens (tertiary/aromatic N) is 3. The number of nitrogens with two attached hydrogens (primary N) is 1. The van der Waals surface area contributed by atoms with E-state index in [-0.39, 0.29) is 5.91 Å². The number of halogens is 1. The molecule has 0 saturated heterocycles. The summed E-state index contributed by atoms with van der Waals surface area (Å²) < 4.78 is 2.53. The molecule has 19 heavy (non-hydrogen) atoms. The van der Waals surface area contributed by atoms with Crippen molar-refractivity contribution in [2.24, 2.45) is 7.05 Å². The van der Waals surface area contributed by atoms with Crippen LogP contribution in [0.3, 0.4) is 0 Å². The quantitative estimate of drug-likeness (QED) is 0.940. The normalized spacial score (nSPS) is 10.5. The van der Waals surface area contributed by atoms with Gasteiger partial charge in [0.15, 0.2) is 5.69 Å². The van der Waals surface area contributed by atoms with E-state index < -0.39 is 0 Å². The molecule has 0 fully saturated rings. The molecular weight excluding hydrogens is 308 g/mol. The fourth-order valence-electron chi connectivity index (χ4n) is 1.83. The summed E-state index contributed by atoms with van der Waals surface area (Å²) in [6.45, 7) is 0.508. The van der Waals surface area contributed by atoms with Crippen LogP contribution in [0.15, 0.2) is 34.9 Å². The lowest BCUT2D eigenvalue weighted by atomic mass is 10.2. The Labute approximate surface area is 120 Å². The Balaban J connectivity index is 2.14. The second-order valence-electron chi connectivity index (χ2n) is 4.40. The van der Waals surface area contributed by atoms with Gasteiger partial charge >= 0.3 is 0 Å². The molecule has 0 saturated carbocycles. The van der Waals surface area contributed by atoms with E-state index in [2.05, 4.69) is 21.0 Å². The first-order chi connectivity index (χ1) is 8.97. The molecule has 0 bridgehead atoms. The number of hydrogen-bond acceptors (Lipinski definition) is 3. The van der Waals surface area contributed by atoms with E-state index in [1.54, 1.807) is 25.2 Å². The molecule has 1 aromatic heterocycles. The topological polar surface area (TPSA) is 64.2 Å². The van der Waals surface area contributed by atoms with Crippen LogP contribution in [0.2, 0.25) is 0 Å². The highest BCUT2D eigenvalue weighted by Crippen LogP contribution is 2.15. The summed E-state index contributed by atoms with van der Waals surface area (Å²) in [5.41, 5.74) is 7.49. The van der Waals surface area contributed by atoms with Crippen LogP contribution in [-0.2, 0) is 13.6 Å². The van der Waals surface area contributed by atoms with Gasteiger partial charge in [-0.05, 0) is 17.7 Å². The Morgan fingerprint density at radius 2 is 2.26 bits per heavy atom. The number of aryl methyl sites for hydroxylation is 1. The number of hydrogen-bond donors (Lipinski definition) is 1. The van der Waals surface area contributed by atoms with Crippen LogP contribution >= 0.6 is 15.9 Å². The number of aromatic nitrogens is 2. The molecule has 0 atom stereocenters. The summed E-state index contributed by atoms with van der Waals surface area (Å²) in [7, 11) is 3.47. The third kappa shape index (κ3) is 3.14. The van der Waals surface area contributed by atoms with Gasteiger partial charge in [0.2, 0.25) is 0 Å². The lowest BCUT2D eigenvalue weighted by Crippen LogP contribution is -2.27. The van der Waals surface area contributed by atoms with Crippen LogP contribution in [0.25, 0.3) is 0 Å². The van der Waals surface area contributed by atoms with Gasteiger partial charge in [-0.15, -0.1) is 0 Å². The van der Waals surface area contributed by atoms with Gasteiger partial charge in [0.25, 0.3) is 5.91 Å². The number of amides is 1. The maximum atomic E-state index is 12.2. The van der Waals surface area contributed by atoms with Crippen LogP contribution in [-0.4, -0.2) is 27.6 Å². The SMILES string of the molecule is CN(Cc1cccc(Br)c1)C(=O)c1nn(C)cc1N. The van der Waals surface area contributed by atoms with E-state index in [9.17, 15) is 4.79 Å². The molecule has 6 heteroatoms. The Hall–Kier alpha value is -1.82. The summed E-state index contributed by atoms with van der Waals surface area (Å²) in [4.78, 5) is 13.8. The van der Waals surface area contributed by atoms with Crippen LogP contribution in [0.4, 0.5) is 5.69 Å². The van der Waals surface area contributed by atoms with Crippen LogP contribution < -0.4 is 5.73 Å². The molecule has 0 aliphatic carbocycles. The molecule has 0 radical (unpaired) electrons. The van der Waals surface area contributed by atoms with Gasteiger partial charge in [-0.1, -0.05) is 28.1 Å². The van der Waals surface area contributed by atoms with Crippen molar-refractivity contribution >= 4 is 27.5 Å². The lowest BCUT2D eigenvalue weighted by Gasteiger charge is -2.16. The molecule has 1 heterocycles. The highest BCUT2D eigenvalue weighted by molar-refractivity contribution is 9.10. The average molecular weight is 323 g/mol. The van der Waals surface area contributed by atoms with Crippen molar-refractivity contribution < 1.29 is 4.79 Å². The van der Waals surface area contributed by atoms with Gasteiger partial charge in [0, 0.05) is 31.3 Å². The first-order valence-corrected chi connectivity index (χ1v) is 6.55. The fourth-order valence-corrected chi connectivity index (χ4v) is 2.28. The second kappa shape index (κ2) is 5.44. The molecule has 0 spiro atoms. The van der Waals surface area contributed by atoms with E-state index in [0.29, 0.717) is 17.9 Å². The molecule has 1 amide bonds. The molecule has 2 N–H and O–H groups in total. The first kappa shape index (κ1) is 13.6. The highest BCUT2D eigenvalue weighted by Gasteiger charge is 2.18. The lowest BCUT2D eigenvalue weighted by molar-refractivity contribution is 0.0779. The van der Waals surface area contributed by atoms with E-state index in [0.717, 1.165) is 10.0 Å². The highest BCUT2D eigenvalue weighted by atomic mass is 79.9. The first-order valence-electron chi connectivity index (χ1n) is 5.76. The molecule has 5 nitrogen and oxygen atoms in total. The van der Waals surface area contributed by atoms with Crippen LogP contribution in [0.5, 0.6) is 0 Å². The minimum absolute atomic E-state index is 0.182. The summed E-state index contributed by atoms with van der Waals surface area (Å²) in [5.74, 6) is -0.182. The van der Waals surface area contributed by atoms with Gasteiger partial charge in [0.05, 0.1) is 5.69 Å². The minimum Gasteiger partial charge on any atom is -0.396 e. The van der Waals surface area contributed by atoms with Crippen LogP contribution in [0, 0.1) is 0 Å². The number of anilines is 1. The molecule has 2 rings (SSSR count). The average Bonchev–Trinajstić information content (AvgIpc) is 2.67. The monoisotopic (exact) mass is 322 g/mol. The molecule has 100 valence electrons. The predicted molar refractivity (Wildman–Crippen MR) is 77.6 cm³/mol. The van der Waals surface area contributed by atoms with E-state index in [1.807, 2.05) is 24.3 Å². The zero-order chi connectivity index (χ0) is 14.0. The van der Waals surface area contributed by atoms with Crippen molar-refractivity contribution in [3.63, 3.8) is 0 Å². The summed E-state index contributed by atoms with van der Waals surface area (Å²) in [5, 5.41) is 4.08. The second-order valence-corrected chi connectivity index (χ2v) is 5.31. The Morgan fingerprint density at radius 1 is 1.53 bits per heavy atom. The number of carbonyl (C=O) groups excluding carboxylic acids is 1. The van der Waals surface area contributed by atoms with Crippen molar-refractivity contribution in [2.45, 2.75) is 6.54 Å². The van der Waals surface area contributed by atoms with Crippen molar-refractivity contribution in [2.75, 3.05) is 12.8 Å². The fraction of sp³-hybridized carbons (Fsp3) is 0.231. The minimum atomic E-state index is -0.182. The Bertz CT molecular complexity index is 608. The van der Waals surface area contributed by atoms with Gasteiger partial charge in [-0.3, -0.25) is 9.48 Å². The maximum Gasteiger partial charge on any atom is 0.276 e. The van der Waals surface area contributed by atoms with Crippen molar-refractivity contribution in [3.8, 4) is 0 Å². The molecular formula is C13H15BrN4O. The van der Waals surface area contributed by atoms with E-state index >= 15 is 0 Å². The molecule has 1 aromatic carbocycles. The standard InChI is InChI=1S/C13H15BrN4O/c1-17(7-9-4-3-5-10(14)6-9)13(19)12-11(15)8-18(2)16-12/h3-6,8H,7,15H2,1-2H3. The van der Waals surface area contributed by atoms with Crippen LogP contribution in [0.1, 0.15) is 16.1 Å². The number of carbonyl (C=O) groups is 1. The maximum absolute atomic E-state index is 12.2. The number of benzene rings is 1. The van der Waals surface area contributed by atoms with Crippen molar-refractivity contribution in [1.29, 1.82) is 0 Å². The molecule has 0 unspecified atom stereocenters. The van der Waals surface area contributed by atoms with Gasteiger partial charge in [-0.25, -0.2) is 0 Å². The van der Waals surface area contributed by atoms with Crippen molar-refractivity contribution in [1.82, 2.24) is 14.7 Å². The summed E-state index contributed by atoms with van der Waals surface area (Å²) >= 11 is 3.41. The van der Waals surface area contributed by atoms with Gasteiger partial charge < -0.3 is 10.6 Å². The largest absolute Gasteiger partial charge is 0.396 e. The molecule has 0 aliphatic rings. The zero-order valence-corrected chi connectivity index (χ0v) is 12.4. The van der Waals surface area contributed by atoms with Gasteiger partial charge in [-0.2, -0.15) is 5.10 Å². The summed E-state index contributed by atoms with van der Waals surface area (Å²) in [6.07, 6.45) is 1.63. The van der Waals surface area contributed by atoms with Gasteiger partial charge in [0.1, 0.15) is 0 Å². The van der Waals surface area contributed by atoms with E-state index in [1.165, 1.54) is 4.68 Å². The number of nitrogen functional groups attached to an aromatic ring is 1. The Kier molecular flexibility index (Phi) is 3.90. The number of rotatable bonds is 3. The molecule has 2 aromatic rings. The Morgan fingerprint density at radius 3 is 2.84 bits per heavy atom. The zero-order valence-electron chi connectivity index (χ0n) is 10.8. The predicted octanol–water partition coefficient (Wildman–Crippen LogP) is 2.04. The molecule has 0 aliphatic heterocycles. The van der Waals surface area contributed by atoms with E-state index in [4.69, 9.17) is 5.73 Å². The third-order valence-electron chi connectivity index (χ3n) is 2.72. The summed E-state index contributed by atoms with van der Waals surface area (Å²) in [6, 6.07) is 7.83. The van der Waals surface area contributed by atoms with Crippen molar-refractivity contribution in [3.05, 3.63) is 46.2 Å². The third-order valence-corrected chi connectivity index (χ3v) is 3.21.